The van der Waals surface area contributed by atoms with Gasteiger partial charge in [-0.15, -0.1) is 0 Å². The molecule has 7 N–H and O–H groups in total. The van der Waals surface area contributed by atoms with Crippen LogP contribution in [0, 0.1) is 17.8 Å². The summed E-state index contributed by atoms with van der Waals surface area (Å²) in [7, 11) is -4.79. The topological polar surface area (TPSA) is 207 Å². The van der Waals surface area contributed by atoms with E-state index in [4.69, 9.17) is 17.2 Å². The minimum absolute atomic E-state index is 0.0417. The molecule has 0 aliphatic heterocycles. The molecule has 0 saturated heterocycles. The lowest BCUT2D eigenvalue weighted by Crippen LogP contribution is -2.08. The van der Waals surface area contributed by atoms with Gasteiger partial charge in [-0.25, -0.2) is 14.2 Å². The number of allylic oxidation sites excluding steroid dienone is 1. The number of aromatic nitrogens is 3. The van der Waals surface area contributed by atoms with Crippen LogP contribution in [-0.2, 0) is 23.2 Å². The highest BCUT2D eigenvalue weighted by atomic mass is 31.2. The first-order chi connectivity index (χ1) is 18.5. The van der Waals surface area contributed by atoms with E-state index in [1.807, 2.05) is 0 Å². The van der Waals surface area contributed by atoms with Crippen molar-refractivity contribution in [1.82, 2.24) is 15.0 Å². The van der Waals surface area contributed by atoms with Crippen LogP contribution in [0.4, 0.5) is 17.8 Å². The molecule has 0 spiro atoms. The van der Waals surface area contributed by atoms with Gasteiger partial charge >= 0.3 is 19.8 Å². The van der Waals surface area contributed by atoms with E-state index in [2.05, 4.69) is 58.3 Å². The molecule has 1 heterocycles. The molecule has 228 valence electrons. The van der Waals surface area contributed by atoms with Crippen molar-refractivity contribution in [3.63, 3.8) is 0 Å². The van der Waals surface area contributed by atoms with Crippen molar-refractivity contribution in [2.45, 2.75) is 99.3 Å². The Labute approximate surface area is 238 Å². The van der Waals surface area contributed by atoms with E-state index in [-0.39, 0.29) is 23.4 Å². The molecule has 3 atom stereocenters. The quantitative estimate of drug-likeness (QED) is 0.135. The largest absolute Gasteiger partial charge is 0.589 e. The molecule has 40 heavy (non-hydrogen) atoms. The van der Waals surface area contributed by atoms with Crippen LogP contribution in [0.3, 0.4) is 0 Å². The third kappa shape index (κ3) is 20.0. The summed E-state index contributed by atoms with van der Waals surface area (Å²) >= 11 is 0. The smallest absolute Gasteiger partial charge is 0.368 e. The van der Waals surface area contributed by atoms with Crippen LogP contribution in [0.2, 0.25) is 0 Å². The number of anilines is 3. The average molecular weight is 585 g/mol. The lowest BCUT2D eigenvalue weighted by Gasteiger charge is -2.15. The number of nitrogen functional groups attached to an aromatic ring is 3. The molecular weight excluding hydrogens is 535 g/mol. The van der Waals surface area contributed by atoms with Gasteiger partial charge in [-0.05, 0) is 44.4 Å². The molecule has 13 heteroatoms. The molecule has 1 unspecified atom stereocenters. The van der Waals surface area contributed by atoms with Crippen molar-refractivity contribution in [2.24, 2.45) is 17.8 Å². The van der Waals surface area contributed by atoms with E-state index in [0.717, 1.165) is 30.3 Å². The van der Waals surface area contributed by atoms with Crippen LogP contribution in [-0.4, -0.2) is 31.8 Å². The zero-order chi connectivity index (χ0) is 30.9. The summed E-state index contributed by atoms with van der Waals surface area (Å²) in [6.07, 6.45) is 11.6. The van der Waals surface area contributed by atoms with E-state index in [1.54, 1.807) is 6.92 Å². The van der Waals surface area contributed by atoms with Crippen LogP contribution < -0.4 is 17.2 Å². The molecule has 0 radical (unpaired) electrons. The lowest BCUT2D eigenvalue weighted by molar-refractivity contribution is -0.135. The molecule has 0 bridgehead atoms. The molecule has 0 aliphatic carbocycles. The van der Waals surface area contributed by atoms with E-state index in [9.17, 15) is 19.0 Å². The van der Waals surface area contributed by atoms with E-state index in [1.165, 1.54) is 51.5 Å². The number of phosphoric ester groups is 1. The van der Waals surface area contributed by atoms with Crippen LogP contribution in [0.1, 0.15) is 99.3 Å². The molecule has 1 aromatic rings. The van der Waals surface area contributed by atoms with Gasteiger partial charge in [-0.3, -0.25) is 4.89 Å². The predicted molar refractivity (Wildman–Crippen MR) is 158 cm³/mol. The molecule has 0 aliphatic rings. The third-order valence-corrected chi connectivity index (χ3v) is 6.75. The maximum absolute atomic E-state index is 11.8. The number of carbonyl (C=O) groups is 2. The first-order valence-corrected chi connectivity index (χ1v) is 15.2. The minimum Gasteiger partial charge on any atom is -0.368 e. The van der Waals surface area contributed by atoms with Crippen LogP contribution in [0.15, 0.2) is 23.8 Å². The summed E-state index contributed by atoms with van der Waals surface area (Å²) in [6.45, 7) is 15.6. The standard InChI is InChI=1S/C24H43O6P.C3H6N6/c1-18(2)11-8-12-20(5)13-9-14-21(6)15-10-16-22(7)17-23(25)29-31(27,28)30-24(26)19(3)4;4-1-7-2(5)9-3(6)8-1/h17-18,20-21H,3,8-16H2,1-2,4-7H3,(H,27,28);(H6,4,5,6,7,8,9)/b22-17+;/t20-,21-;/m1./s1. The minimum atomic E-state index is -4.79. The first kappa shape index (κ1) is 37.0. The van der Waals surface area contributed by atoms with Crippen molar-refractivity contribution >= 4 is 37.6 Å². The number of phosphoric acid groups is 1. The summed E-state index contributed by atoms with van der Waals surface area (Å²) in [4.78, 5) is 43.0. The van der Waals surface area contributed by atoms with Crippen molar-refractivity contribution < 1.29 is 28.1 Å². The number of nitrogens with two attached hydrogens (primary N) is 3. The van der Waals surface area contributed by atoms with Gasteiger partial charge in [0.15, 0.2) is 0 Å². The molecule has 12 nitrogen and oxygen atoms in total. The average Bonchev–Trinajstić information content (AvgIpc) is 2.77. The summed E-state index contributed by atoms with van der Waals surface area (Å²) in [5, 5.41) is 0. The lowest BCUT2D eigenvalue weighted by atomic mass is 9.91. The van der Waals surface area contributed by atoms with E-state index < -0.39 is 19.8 Å². The fourth-order valence-corrected chi connectivity index (χ4v) is 4.43. The van der Waals surface area contributed by atoms with E-state index >= 15 is 0 Å². The molecular formula is C27H49N6O6P. The molecule has 0 fully saturated rings. The van der Waals surface area contributed by atoms with Gasteiger partial charge in [-0.1, -0.05) is 84.8 Å². The van der Waals surface area contributed by atoms with Gasteiger partial charge < -0.3 is 26.2 Å². The number of carbonyl (C=O) groups excluding carboxylic acids is 2. The highest BCUT2D eigenvalue weighted by Gasteiger charge is 2.30. The van der Waals surface area contributed by atoms with Crippen LogP contribution in [0.5, 0.6) is 0 Å². The van der Waals surface area contributed by atoms with Crippen molar-refractivity contribution in [2.75, 3.05) is 17.2 Å². The fraction of sp³-hybridized carbons (Fsp3) is 0.667. The van der Waals surface area contributed by atoms with Gasteiger partial charge in [0.2, 0.25) is 17.8 Å². The monoisotopic (exact) mass is 584 g/mol. The fourth-order valence-electron chi connectivity index (χ4n) is 3.75. The number of nitrogens with zero attached hydrogens (tertiary/aromatic N) is 3. The second-order valence-corrected chi connectivity index (χ2v) is 12.1. The van der Waals surface area contributed by atoms with Crippen molar-refractivity contribution in [3.05, 3.63) is 23.8 Å². The summed E-state index contributed by atoms with van der Waals surface area (Å²) in [5.41, 5.74) is 16.1. The Balaban J connectivity index is 0.00000141. The zero-order valence-electron chi connectivity index (χ0n) is 24.9. The molecule has 0 amide bonds. The Morgan fingerprint density at radius 2 is 1.27 bits per heavy atom. The molecule has 1 rings (SSSR count). The normalized spacial score (nSPS) is 14.3. The summed E-state index contributed by atoms with van der Waals surface area (Å²) in [5.74, 6) is 0.246. The Kier molecular flexibility index (Phi) is 17.7. The van der Waals surface area contributed by atoms with Crippen LogP contribution >= 0.6 is 7.82 Å². The molecule has 0 aromatic carbocycles. The maximum Gasteiger partial charge on any atom is 0.589 e. The molecule has 0 saturated carbocycles. The van der Waals surface area contributed by atoms with Crippen molar-refractivity contribution in [3.8, 4) is 0 Å². The SMILES string of the molecule is C=C(C)C(=O)OP(=O)(O)OC(=O)/C=C(\C)CCC[C@H](C)CCC[C@H](C)CCCC(C)C.Nc1nc(N)nc(N)n1. The first-order valence-electron chi connectivity index (χ1n) is 13.7. The second-order valence-electron chi connectivity index (χ2n) is 10.8. The van der Waals surface area contributed by atoms with Gasteiger partial charge in [0.25, 0.3) is 0 Å². The van der Waals surface area contributed by atoms with Gasteiger partial charge in [0.1, 0.15) is 0 Å². The second kappa shape index (κ2) is 19.2. The van der Waals surface area contributed by atoms with Crippen molar-refractivity contribution in [1.29, 1.82) is 0 Å². The Morgan fingerprint density at radius 3 is 1.70 bits per heavy atom. The van der Waals surface area contributed by atoms with Crippen LogP contribution in [0.25, 0.3) is 0 Å². The predicted octanol–water partition coefficient (Wildman–Crippen LogP) is 5.75. The number of hydrogen-bond acceptors (Lipinski definition) is 11. The van der Waals surface area contributed by atoms with Gasteiger partial charge in [-0.2, -0.15) is 15.0 Å². The van der Waals surface area contributed by atoms with Gasteiger partial charge in [0.05, 0.1) is 0 Å². The summed E-state index contributed by atoms with van der Waals surface area (Å²) < 4.78 is 20.3. The molecule has 1 aromatic heterocycles. The number of rotatable bonds is 16. The Morgan fingerprint density at radius 1 is 0.850 bits per heavy atom. The zero-order valence-corrected chi connectivity index (χ0v) is 25.8. The highest BCUT2D eigenvalue weighted by molar-refractivity contribution is 7.48. The Bertz CT molecular complexity index is 982. The Hall–Kier alpha value is -2.98. The maximum atomic E-state index is 11.8. The van der Waals surface area contributed by atoms with Gasteiger partial charge in [0, 0.05) is 11.6 Å². The summed E-state index contributed by atoms with van der Waals surface area (Å²) in [6, 6.07) is 0. The van der Waals surface area contributed by atoms with E-state index in [0.29, 0.717) is 12.3 Å². The number of hydrogen-bond donors (Lipinski definition) is 4. The third-order valence-electron chi connectivity index (χ3n) is 5.94. The highest BCUT2D eigenvalue weighted by Crippen LogP contribution is 2.44.